The van der Waals surface area contributed by atoms with E-state index >= 15 is 0 Å². The number of carbonyl (C=O) groups excluding carboxylic acids is 3. The maximum absolute atomic E-state index is 12.1. The zero-order chi connectivity index (χ0) is 16.3. The third-order valence-electron chi connectivity index (χ3n) is 2.75. The van der Waals surface area contributed by atoms with Gasteiger partial charge in [0.1, 0.15) is 6.04 Å². The van der Waals surface area contributed by atoms with Crippen molar-refractivity contribution >= 4 is 40.3 Å². The number of carboxylic acid groups (broad SMARTS) is 1. The molecule has 2 heterocycles. The van der Waals surface area contributed by atoms with Crippen LogP contribution in [0.3, 0.4) is 0 Å². The second-order valence-electron chi connectivity index (χ2n) is 4.27. The van der Waals surface area contributed by atoms with Gasteiger partial charge in [0.05, 0.1) is 7.11 Å². The average molecular weight is 328 g/mol. The predicted molar refractivity (Wildman–Crippen MR) is 74.0 cm³/mol. The van der Waals surface area contributed by atoms with Gasteiger partial charge in [-0.1, -0.05) is 11.3 Å². The highest BCUT2D eigenvalue weighted by atomic mass is 32.1. The molecule has 4 N–H and O–H groups in total. The zero-order valence-electron chi connectivity index (χ0n) is 11.3. The highest BCUT2D eigenvalue weighted by Crippen LogP contribution is 2.30. The number of carbonyl (C=O) groups is 4. The quantitative estimate of drug-likeness (QED) is 0.558. The van der Waals surface area contributed by atoms with Crippen LogP contribution in [-0.4, -0.2) is 47.1 Å². The molecule has 10 nitrogen and oxygen atoms in total. The minimum absolute atomic E-state index is 0.0298. The van der Waals surface area contributed by atoms with Crippen LogP contribution in [0, 0.1) is 0 Å². The first kappa shape index (κ1) is 15.7. The van der Waals surface area contributed by atoms with E-state index < -0.39 is 29.9 Å². The summed E-state index contributed by atoms with van der Waals surface area (Å²) in [6.45, 7) is 0. The molecule has 1 aromatic rings. The summed E-state index contributed by atoms with van der Waals surface area (Å²) in [6.07, 6.45) is -1.02. The molecule has 0 bridgehead atoms. The molecule has 118 valence electrons. The second-order valence-corrected chi connectivity index (χ2v) is 5.23. The van der Waals surface area contributed by atoms with Crippen molar-refractivity contribution in [3.8, 4) is 5.06 Å². The van der Waals surface area contributed by atoms with Crippen LogP contribution < -0.4 is 20.7 Å². The second kappa shape index (κ2) is 6.39. The van der Waals surface area contributed by atoms with Crippen molar-refractivity contribution in [2.24, 2.45) is 0 Å². The summed E-state index contributed by atoms with van der Waals surface area (Å²) >= 11 is 0.839. The minimum Gasteiger partial charge on any atom is -0.485 e. The number of anilines is 1. The van der Waals surface area contributed by atoms with E-state index in [2.05, 4.69) is 15.6 Å². The van der Waals surface area contributed by atoms with Gasteiger partial charge in [-0.05, 0) is 6.42 Å². The van der Waals surface area contributed by atoms with Gasteiger partial charge in [0, 0.05) is 6.42 Å². The number of methoxy groups -OCH3 is 1. The third-order valence-corrected chi connectivity index (χ3v) is 3.69. The number of amides is 4. The van der Waals surface area contributed by atoms with Gasteiger partial charge >= 0.3 is 6.09 Å². The first-order chi connectivity index (χ1) is 10.4. The van der Waals surface area contributed by atoms with Gasteiger partial charge in [0.15, 0.2) is 10.8 Å². The lowest BCUT2D eigenvalue weighted by Crippen LogP contribution is -2.52. The molecule has 1 aliphatic rings. The van der Waals surface area contributed by atoms with Crippen LogP contribution in [-0.2, 0) is 9.59 Å². The van der Waals surface area contributed by atoms with Crippen molar-refractivity contribution in [1.29, 1.82) is 0 Å². The van der Waals surface area contributed by atoms with Crippen molar-refractivity contribution in [2.45, 2.75) is 18.9 Å². The number of ether oxygens (including phenoxy) is 1. The smallest absolute Gasteiger partial charge is 0.410 e. The molecule has 1 unspecified atom stereocenters. The lowest BCUT2D eigenvalue weighted by Gasteiger charge is -2.21. The molecule has 1 atom stereocenters. The Balaban J connectivity index is 2.11. The lowest BCUT2D eigenvalue weighted by atomic mass is 10.1. The molecule has 0 aromatic carbocycles. The molecule has 1 saturated heterocycles. The number of imide groups is 1. The van der Waals surface area contributed by atoms with Crippen LogP contribution in [0.5, 0.6) is 5.06 Å². The number of thiazole rings is 1. The van der Waals surface area contributed by atoms with E-state index in [1.165, 1.54) is 7.11 Å². The minimum atomic E-state index is -1.33. The van der Waals surface area contributed by atoms with Crippen LogP contribution in [0.25, 0.3) is 0 Å². The fourth-order valence-corrected chi connectivity index (χ4v) is 2.56. The molecule has 0 aliphatic carbocycles. The summed E-state index contributed by atoms with van der Waals surface area (Å²) in [7, 11) is 1.31. The fourth-order valence-electron chi connectivity index (χ4n) is 1.79. The van der Waals surface area contributed by atoms with E-state index in [0.717, 1.165) is 11.3 Å². The Labute approximate surface area is 127 Å². The highest BCUT2D eigenvalue weighted by Gasteiger charge is 2.30. The van der Waals surface area contributed by atoms with E-state index in [1.807, 2.05) is 5.32 Å². The SMILES string of the molecule is COc1sc(NC(=O)O)nc1C(=O)NC1CCC(=O)NC1=O. The monoisotopic (exact) mass is 328 g/mol. The average Bonchev–Trinajstić information content (AvgIpc) is 2.84. The fraction of sp³-hybridized carbons (Fsp3) is 0.364. The molecular weight excluding hydrogens is 316 g/mol. The maximum Gasteiger partial charge on any atom is 0.410 e. The Hall–Kier alpha value is -2.69. The normalized spacial score (nSPS) is 17.6. The van der Waals surface area contributed by atoms with Crippen LogP contribution in [0.1, 0.15) is 23.3 Å². The number of piperidine rings is 1. The molecule has 2 rings (SSSR count). The van der Waals surface area contributed by atoms with Crippen LogP contribution in [0.2, 0.25) is 0 Å². The summed E-state index contributed by atoms with van der Waals surface area (Å²) in [6, 6.07) is -0.854. The lowest BCUT2D eigenvalue weighted by molar-refractivity contribution is -0.134. The van der Waals surface area contributed by atoms with Gasteiger partial charge in [-0.25, -0.2) is 9.78 Å². The Morgan fingerprint density at radius 2 is 2.18 bits per heavy atom. The van der Waals surface area contributed by atoms with Gasteiger partial charge in [0.25, 0.3) is 5.91 Å². The Morgan fingerprint density at radius 3 is 2.77 bits per heavy atom. The molecular formula is C11H12N4O6S. The van der Waals surface area contributed by atoms with Crippen molar-refractivity contribution in [2.75, 3.05) is 12.4 Å². The molecule has 4 amide bonds. The molecule has 0 spiro atoms. The first-order valence-corrected chi connectivity index (χ1v) is 6.91. The Bertz CT molecular complexity index is 643. The van der Waals surface area contributed by atoms with E-state index in [9.17, 15) is 19.2 Å². The molecule has 22 heavy (non-hydrogen) atoms. The van der Waals surface area contributed by atoms with Gasteiger partial charge < -0.3 is 15.2 Å². The van der Waals surface area contributed by atoms with Gasteiger partial charge in [0.2, 0.25) is 16.9 Å². The predicted octanol–water partition coefficient (Wildman–Crippen LogP) is -0.223. The van der Waals surface area contributed by atoms with Crippen LogP contribution >= 0.6 is 11.3 Å². The largest absolute Gasteiger partial charge is 0.485 e. The summed E-state index contributed by atoms with van der Waals surface area (Å²) < 4.78 is 4.97. The van der Waals surface area contributed by atoms with Crippen LogP contribution in [0.4, 0.5) is 9.93 Å². The zero-order valence-corrected chi connectivity index (χ0v) is 12.2. The third kappa shape index (κ3) is 3.49. The van der Waals surface area contributed by atoms with E-state index in [1.54, 1.807) is 0 Å². The standard InChI is InChI=1S/C11H12N4O6S/c1-21-9-6(14-10(22-9)15-11(19)20)8(18)12-4-2-3-5(16)13-7(4)17/h4H,2-3H2,1H3,(H,12,18)(H,14,15)(H,19,20)(H,13,16,17). The van der Waals surface area contributed by atoms with Gasteiger partial charge in [-0.2, -0.15) is 0 Å². The molecule has 0 radical (unpaired) electrons. The number of rotatable bonds is 4. The van der Waals surface area contributed by atoms with Crippen molar-refractivity contribution < 1.29 is 29.0 Å². The summed E-state index contributed by atoms with van der Waals surface area (Å²) in [5.41, 5.74) is -0.138. The number of nitrogens with one attached hydrogen (secondary N) is 3. The van der Waals surface area contributed by atoms with Gasteiger partial charge in [-0.15, -0.1) is 0 Å². The van der Waals surface area contributed by atoms with Crippen molar-refractivity contribution in [3.05, 3.63) is 5.69 Å². The highest BCUT2D eigenvalue weighted by molar-refractivity contribution is 7.17. The van der Waals surface area contributed by atoms with Crippen molar-refractivity contribution in [1.82, 2.24) is 15.6 Å². The molecule has 1 aliphatic heterocycles. The molecule has 0 saturated carbocycles. The van der Waals surface area contributed by atoms with Crippen molar-refractivity contribution in [3.63, 3.8) is 0 Å². The number of nitrogens with zero attached hydrogens (tertiary/aromatic N) is 1. The molecule has 1 fully saturated rings. The van der Waals surface area contributed by atoms with Crippen LogP contribution in [0.15, 0.2) is 0 Å². The maximum atomic E-state index is 12.1. The first-order valence-electron chi connectivity index (χ1n) is 6.10. The molecule has 1 aromatic heterocycles. The topological polar surface area (TPSA) is 147 Å². The Morgan fingerprint density at radius 1 is 1.45 bits per heavy atom. The number of hydrogen-bond acceptors (Lipinski definition) is 7. The van der Waals surface area contributed by atoms with E-state index in [0.29, 0.717) is 0 Å². The number of aromatic nitrogens is 1. The summed E-state index contributed by atoms with van der Waals surface area (Å²) in [5, 5.41) is 15.3. The molecule has 11 heteroatoms. The summed E-state index contributed by atoms with van der Waals surface area (Å²) in [5.74, 6) is -1.68. The summed E-state index contributed by atoms with van der Waals surface area (Å²) in [4.78, 5) is 49.1. The van der Waals surface area contributed by atoms with E-state index in [-0.39, 0.29) is 28.7 Å². The number of hydrogen-bond donors (Lipinski definition) is 4. The van der Waals surface area contributed by atoms with E-state index in [4.69, 9.17) is 9.84 Å². The van der Waals surface area contributed by atoms with Gasteiger partial charge in [-0.3, -0.25) is 25.0 Å². The Kier molecular flexibility index (Phi) is 4.56.